The molecule has 2 rings (SSSR count). The van der Waals surface area contributed by atoms with Crippen LogP contribution in [0.1, 0.15) is 43.2 Å². The highest BCUT2D eigenvalue weighted by Gasteiger charge is 2.13. The van der Waals surface area contributed by atoms with Gasteiger partial charge in [-0.1, -0.05) is 43.5 Å². The lowest BCUT2D eigenvalue weighted by molar-refractivity contribution is 0.412. The number of hydrogen-bond acceptors (Lipinski definition) is 2. The molecular weight excluding hydrogens is 409 g/mol. The minimum Gasteiger partial charge on any atom is -0.370 e. The summed E-state index contributed by atoms with van der Waals surface area (Å²) in [4.78, 5) is 4.40. The first-order valence-electron chi connectivity index (χ1n) is 7.58. The lowest BCUT2D eigenvalue weighted by Gasteiger charge is -2.23. The van der Waals surface area contributed by atoms with Crippen molar-refractivity contribution in [2.24, 2.45) is 10.7 Å². The monoisotopic (exact) mass is 435 g/mol. The second-order valence-electron chi connectivity index (χ2n) is 5.71. The molecule has 1 aromatic carbocycles. The van der Waals surface area contributed by atoms with Gasteiger partial charge in [-0.05, 0) is 24.0 Å². The standard InChI is InChI=1S/C16H25N3OS.HI/c1-21(20)12-14-9-7-13(8-10-14)11-18-16(17)19-15-5-3-2-4-6-15;/h7-10,15H,2-6,11-12H2,1H3,(H3,17,18,19);1H. The van der Waals surface area contributed by atoms with E-state index < -0.39 is 10.8 Å². The molecule has 0 heterocycles. The number of nitrogens with zero attached hydrogens (tertiary/aromatic N) is 1. The number of nitrogens with one attached hydrogen (secondary N) is 1. The van der Waals surface area contributed by atoms with Crippen LogP contribution in [-0.2, 0) is 23.1 Å². The van der Waals surface area contributed by atoms with Crippen LogP contribution in [0.5, 0.6) is 0 Å². The first kappa shape index (κ1) is 19.4. The van der Waals surface area contributed by atoms with Gasteiger partial charge in [0, 0.05) is 28.9 Å². The Morgan fingerprint density at radius 2 is 1.82 bits per heavy atom. The summed E-state index contributed by atoms with van der Waals surface area (Å²) in [5.41, 5.74) is 8.16. The van der Waals surface area contributed by atoms with E-state index in [2.05, 4.69) is 10.3 Å². The number of benzene rings is 1. The van der Waals surface area contributed by atoms with E-state index in [4.69, 9.17) is 5.73 Å². The quantitative estimate of drug-likeness (QED) is 0.425. The fourth-order valence-electron chi connectivity index (χ4n) is 2.65. The van der Waals surface area contributed by atoms with Crippen molar-refractivity contribution in [2.45, 2.75) is 50.4 Å². The molecule has 1 aromatic rings. The minimum atomic E-state index is -0.796. The van der Waals surface area contributed by atoms with Crippen molar-refractivity contribution in [1.82, 2.24) is 5.32 Å². The van der Waals surface area contributed by atoms with Crippen molar-refractivity contribution < 1.29 is 4.21 Å². The molecule has 1 saturated carbocycles. The van der Waals surface area contributed by atoms with E-state index >= 15 is 0 Å². The van der Waals surface area contributed by atoms with E-state index in [1.807, 2.05) is 24.3 Å². The molecule has 3 N–H and O–H groups in total. The zero-order valence-corrected chi connectivity index (χ0v) is 16.2. The van der Waals surface area contributed by atoms with Crippen LogP contribution in [0.15, 0.2) is 29.3 Å². The van der Waals surface area contributed by atoms with Gasteiger partial charge in [-0.3, -0.25) is 4.21 Å². The summed E-state index contributed by atoms with van der Waals surface area (Å²) in [7, 11) is -0.796. The van der Waals surface area contributed by atoms with Gasteiger partial charge in [0.15, 0.2) is 5.96 Å². The lowest BCUT2D eigenvalue weighted by atomic mass is 9.96. The number of aliphatic imine (C=N–C) groups is 1. The van der Waals surface area contributed by atoms with Gasteiger partial charge in [-0.25, -0.2) is 4.99 Å². The molecule has 1 atom stereocenters. The van der Waals surface area contributed by atoms with E-state index in [-0.39, 0.29) is 24.0 Å². The third-order valence-electron chi connectivity index (χ3n) is 3.78. The zero-order valence-electron chi connectivity index (χ0n) is 13.1. The fraction of sp³-hybridized carbons (Fsp3) is 0.562. The predicted molar refractivity (Wildman–Crippen MR) is 105 cm³/mol. The van der Waals surface area contributed by atoms with Crippen LogP contribution < -0.4 is 11.1 Å². The normalized spacial score (nSPS) is 17.6. The summed E-state index contributed by atoms with van der Waals surface area (Å²) in [6.07, 6.45) is 8.01. The highest BCUT2D eigenvalue weighted by atomic mass is 127. The molecule has 0 aromatic heterocycles. The summed E-state index contributed by atoms with van der Waals surface area (Å²) in [5.74, 6) is 1.15. The van der Waals surface area contributed by atoms with Gasteiger partial charge in [0.25, 0.3) is 0 Å². The number of nitrogens with two attached hydrogens (primary N) is 1. The van der Waals surface area contributed by atoms with Gasteiger partial charge in [0.1, 0.15) is 0 Å². The summed E-state index contributed by atoms with van der Waals surface area (Å²) in [5, 5.41) is 3.31. The SMILES string of the molecule is CS(=O)Cc1ccc(CN=C(N)NC2CCCCC2)cc1.I. The molecule has 0 spiro atoms. The van der Waals surface area contributed by atoms with E-state index in [0.717, 1.165) is 11.1 Å². The van der Waals surface area contributed by atoms with Crippen molar-refractivity contribution in [3.05, 3.63) is 35.4 Å². The topological polar surface area (TPSA) is 67.5 Å². The summed E-state index contributed by atoms with van der Waals surface area (Å²) in [6, 6.07) is 8.57. The average Bonchev–Trinajstić information content (AvgIpc) is 2.47. The number of hydrogen-bond donors (Lipinski definition) is 2. The third-order valence-corrected chi connectivity index (χ3v) is 4.52. The molecule has 124 valence electrons. The van der Waals surface area contributed by atoms with Gasteiger partial charge in [0.05, 0.1) is 6.54 Å². The molecule has 0 saturated heterocycles. The molecule has 1 unspecified atom stereocenters. The number of halogens is 1. The van der Waals surface area contributed by atoms with Crippen molar-refractivity contribution in [3.8, 4) is 0 Å². The maximum atomic E-state index is 11.2. The Balaban J connectivity index is 0.00000242. The van der Waals surface area contributed by atoms with Gasteiger partial charge >= 0.3 is 0 Å². The Morgan fingerprint density at radius 3 is 2.41 bits per heavy atom. The van der Waals surface area contributed by atoms with Crippen LogP contribution in [0, 0.1) is 0 Å². The molecule has 1 aliphatic rings. The Labute approximate surface area is 152 Å². The summed E-state index contributed by atoms with van der Waals surface area (Å²) >= 11 is 0. The van der Waals surface area contributed by atoms with Gasteiger partial charge < -0.3 is 11.1 Å². The van der Waals surface area contributed by atoms with E-state index in [1.54, 1.807) is 6.26 Å². The zero-order chi connectivity index (χ0) is 15.1. The molecular formula is C16H26IN3OS. The maximum absolute atomic E-state index is 11.2. The molecule has 1 aliphatic carbocycles. The van der Waals surface area contributed by atoms with Gasteiger partial charge in [0.2, 0.25) is 0 Å². The van der Waals surface area contributed by atoms with Crippen LogP contribution in [-0.4, -0.2) is 22.5 Å². The largest absolute Gasteiger partial charge is 0.370 e. The molecule has 22 heavy (non-hydrogen) atoms. The third kappa shape index (κ3) is 7.09. The predicted octanol–water partition coefficient (Wildman–Crippen LogP) is 2.92. The first-order chi connectivity index (χ1) is 10.1. The Kier molecular flexibility index (Phi) is 9.00. The van der Waals surface area contributed by atoms with Crippen LogP contribution in [0.4, 0.5) is 0 Å². The highest BCUT2D eigenvalue weighted by Crippen LogP contribution is 2.17. The molecule has 0 aliphatic heterocycles. The van der Waals surface area contributed by atoms with Crippen LogP contribution in [0.25, 0.3) is 0 Å². The van der Waals surface area contributed by atoms with Crippen LogP contribution in [0.2, 0.25) is 0 Å². The fourth-order valence-corrected chi connectivity index (χ4v) is 3.32. The van der Waals surface area contributed by atoms with Gasteiger partial charge in [-0.15, -0.1) is 24.0 Å². The molecule has 0 radical (unpaired) electrons. The lowest BCUT2D eigenvalue weighted by Crippen LogP contribution is -2.41. The molecule has 6 heteroatoms. The van der Waals surface area contributed by atoms with E-state index in [1.165, 1.54) is 32.1 Å². The van der Waals surface area contributed by atoms with Crippen molar-refractivity contribution in [3.63, 3.8) is 0 Å². The first-order valence-corrected chi connectivity index (χ1v) is 9.30. The second-order valence-corrected chi connectivity index (χ2v) is 7.15. The van der Waals surface area contributed by atoms with E-state index in [0.29, 0.717) is 24.3 Å². The van der Waals surface area contributed by atoms with Crippen molar-refractivity contribution in [2.75, 3.05) is 6.26 Å². The minimum absolute atomic E-state index is 0. The average molecular weight is 435 g/mol. The Hall–Kier alpha value is -0.630. The summed E-state index contributed by atoms with van der Waals surface area (Å²) < 4.78 is 11.2. The van der Waals surface area contributed by atoms with Crippen LogP contribution >= 0.6 is 24.0 Å². The Bertz CT molecular complexity index is 499. The van der Waals surface area contributed by atoms with Crippen LogP contribution in [0.3, 0.4) is 0 Å². The number of guanidine groups is 1. The second kappa shape index (κ2) is 10.2. The van der Waals surface area contributed by atoms with E-state index in [9.17, 15) is 4.21 Å². The summed E-state index contributed by atoms with van der Waals surface area (Å²) in [6.45, 7) is 0.584. The van der Waals surface area contributed by atoms with Crippen molar-refractivity contribution in [1.29, 1.82) is 0 Å². The van der Waals surface area contributed by atoms with Gasteiger partial charge in [-0.2, -0.15) is 0 Å². The smallest absolute Gasteiger partial charge is 0.189 e. The molecule has 0 amide bonds. The molecule has 0 bridgehead atoms. The van der Waals surface area contributed by atoms with Crippen molar-refractivity contribution >= 4 is 40.7 Å². The molecule has 1 fully saturated rings. The molecule has 4 nitrogen and oxygen atoms in total. The maximum Gasteiger partial charge on any atom is 0.189 e. The Morgan fingerprint density at radius 1 is 1.23 bits per heavy atom. The highest BCUT2D eigenvalue weighted by molar-refractivity contribution is 14.0. The number of rotatable bonds is 5.